The van der Waals surface area contributed by atoms with Crippen LogP contribution in [0.5, 0.6) is 0 Å². The number of hydrogen-bond donors (Lipinski definition) is 3. The fourth-order valence-corrected chi connectivity index (χ4v) is 2.50. The summed E-state index contributed by atoms with van der Waals surface area (Å²) in [7, 11) is 0. The molecule has 118 valence electrons. The van der Waals surface area contributed by atoms with Gasteiger partial charge in [-0.05, 0) is 49.9 Å². The number of carbonyl (C=O) groups excluding carboxylic acids is 2. The third-order valence-electron chi connectivity index (χ3n) is 3.99. The Labute approximate surface area is 129 Å². The molecule has 3 rings (SSSR count). The lowest BCUT2D eigenvalue weighted by molar-refractivity contribution is -0.126. The molecule has 1 aromatic carbocycles. The van der Waals surface area contributed by atoms with E-state index in [4.69, 9.17) is 10.5 Å². The van der Waals surface area contributed by atoms with Gasteiger partial charge in [-0.25, -0.2) is 0 Å². The topological polar surface area (TPSA) is 93.5 Å². The van der Waals surface area contributed by atoms with Gasteiger partial charge in [-0.3, -0.25) is 9.59 Å². The van der Waals surface area contributed by atoms with E-state index in [1.807, 2.05) is 0 Å². The van der Waals surface area contributed by atoms with Crippen LogP contribution in [0.15, 0.2) is 24.3 Å². The first-order valence-corrected chi connectivity index (χ1v) is 7.73. The van der Waals surface area contributed by atoms with Crippen molar-refractivity contribution in [2.24, 2.45) is 5.73 Å². The summed E-state index contributed by atoms with van der Waals surface area (Å²) in [6.45, 7) is 0.439. The monoisotopic (exact) mass is 303 g/mol. The average Bonchev–Trinajstić information content (AvgIpc) is 3.20. The van der Waals surface area contributed by atoms with Gasteiger partial charge in [-0.1, -0.05) is 0 Å². The number of nitrogens with one attached hydrogen (secondary N) is 2. The molecule has 6 nitrogen and oxygen atoms in total. The number of rotatable bonds is 5. The summed E-state index contributed by atoms with van der Waals surface area (Å²) in [5.41, 5.74) is 6.80. The second-order valence-corrected chi connectivity index (χ2v) is 5.87. The highest BCUT2D eigenvalue weighted by Gasteiger charge is 2.29. The number of ether oxygens (including phenoxy) is 1. The van der Waals surface area contributed by atoms with E-state index in [2.05, 4.69) is 10.6 Å². The van der Waals surface area contributed by atoms with Crippen molar-refractivity contribution in [2.45, 2.75) is 43.9 Å². The van der Waals surface area contributed by atoms with Crippen LogP contribution >= 0.6 is 0 Å². The van der Waals surface area contributed by atoms with Gasteiger partial charge in [0.1, 0.15) is 6.10 Å². The maximum atomic E-state index is 12.1. The molecule has 1 saturated heterocycles. The fraction of sp³-hybridized carbons (Fsp3) is 0.500. The van der Waals surface area contributed by atoms with Crippen molar-refractivity contribution in [2.75, 3.05) is 11.9 Å². The molecule has 2 amide bonds. The molecule has 1 aromatic rings. The number of carbonyl (C=O) groups is 2. The van der Waals surface area contributed by atoms with Gasteiger partial charge in [-0.2, -0.15) is 0 Å². The Bertz CT molecular complexity index is 554. The zero-order valence-electron chi connectivity index (χ0n) is 12.4. The van der Waals surface area contributed by atoms with Crippen LogP contribution in [-0.4, -0.2) is 36.6 Å². The molecule has 0 radical (unpaired) electrons. The van der Waals surface area contributed by atoms with Gasteiger partial charge in [0.05, 0.1) is 6.10 Å². The number of anilines is 1. The fourth-order valence-electron chi connectivity index (χ4n) is 2.50. The van der Waals surface area contributed by atoms with Gasteiger partial charge >= 0.3 is 0 Å². The molecule has 0 spiro atoms. The molecule has 1 aliphatic carbocycles. The molecular weight excluding hydrogens is 282 g/mol. The van der Waals surface area contributed by atoms with Crippen LogP contribution < -0.4 is 16.4 Å². The quantitative estimate of drug-likeness (QED) is 0.757. The van der Waals surface area contributed by atoms with E-state index in [1.54, 1.807) is 24.3 Å². The Kier molecular flexibility index (Phi) is 4.40. The normalized spacial score (nSPS) is 24.0. The third kappa shape index (κ3) is 3.64. The smallest absolute Gasteiger partial charge is 0.253 e. The van der Waals surface area contributed by atoms with Gasteiger partial charge in [0.25, 0.3) is 11.8 Å². The van der Waals surface area contributed by atoms with E-state index >= 15 is 0 Å². The minimum atomic E-state index is -0.439. The molecule has 0 bridgehead atoms. The van der Waals surface area contributed by atoms with Crippen molar-refractivity contribution in [3.05, 3.63) is 29.8 Å². The molecule has 4 N–H and O–H groups in total. The molecule has 0 unspecified atom stereocenters. The van der Waals surface area contributed by atoms with Gasteiger partial charge in [0.2, 0.25) is 0 Å². The molecule has 6 heteroatoms. The number of hydrogen-bond acceptors (Lipinski definition) is 4. The van der Waals surface area contributed by atoms with E-state index in [9.17, 15) is 9.59 Å². The van der Waals surface area contributed by atoms with Crippen LogP contribution in [0.25, 0.3) is 0 Å². The van der Waals surface area contributed by atoms with E-state index in [1.165, 1.54) is 0 Å². The number of amides is 2. The molecule has 1 heterocycles. The summed E-state index contributed by atoms with van der Waals surface area (Å²) in [5, 5.41) is 5.74. The van der Waals surface area contributed by atoms with Crippen molar-refractivity contribution < 1.29 is 14.3 Å². The highest BCUT2D eigenvalue weighted by atomic mass is 16.5. The predicted octanol–water partition coefficient (Wildman–Crippen LogP) is 1.02. The van der Waals surface area contributed by atoms with Crippen molar-refractivity contribution in [3.8, 4) is 0 Å². The molecule has 2 atom stereocenters. The van der Waals surface area contributed by atoms with Crippen LogP contribution in [-0.2, 0) is 9.53 Å². The standard InChI is InChI=1S/C16H21N3O3/c17-9-13-7-8-14(22-13)16(21)19-11-3-1-10(2-4-11)15(20)18-12-5-6-12/h1-4,12-14H,5-9,17H2,(H,18,20)(H,19,21)/t13-,14+/m1/s1. The Morgan fingerprint density at radius 2 is 1.86 bits per heavy atom. The Hall–Kier alpha value is -1.92. The molecule has 22 heavy (non-hydrogen) atoms. The predicted molar refractivity (Wildman–Crippen MR) is 82.5 cm³/mol. The molecule has 0 aromatic heterocycles. The van der Waals surface area contributed by atoms with Crippen molar-refractivity contribution in [1.82, 2.24) is 5.32 Å². The summed E-state index contributed by atoms with van der Waals surface area (Å²) in [5.74, 6) is -0.226. The summed E-state index contributed by atoms with van der Waals surface area (Å²) in [6.07, 6.45) is 3.16. The molecule has 2 fully saturated rings. The largest absolute Gasteiger partial charge is 0.364 e. The first-order chi connectivity index (χ1) is 10.7. The molecular formula is C16H21N3O3. The second kappa shape index (κ2) is 6.46. The van der Waals surface area contributed by atoms with Gasteiger partial charge in [0.15, 0.2) is 0 Å². The van der Waals surface area contributed by atoms with Crippen molar-refractivity contribution in [1.29, 1.82) is 0 Å². The van der Waals surface area contributed by atoms with Crippen molar-refractivity contribution in [3.63, 3.8) is 0 Å². The first kappa shape index (κ1) is 15.0. The zero-order chi connectivity index (χ0) is 15.5. The zero-order valence-corrected chi connectivity index (χ0v) is 12.4. The minimum absolute atomic E-state index is 0.0238. The molecule has 1 aliphatic heterocycles. The van der Waals surface area contributed by atoms with E-state index in [0.29, 0.717) is 30.3 Å². The summed E-state index contributed by atoms with van der Waals surface area (Å²) in [4.78, 5) is 24.0. The van der Waals surface area contributed by atoms with Crippen LogP contribution in [0.1, 0.15) is 36.0 Å². The summed E-state index contributed by atoms with van der Waals surface area (Å²) < 4.78 is 5.56. The second-order valence-electron chi connectivity index (χ2n) is 5.87. The maximum absolute atomic E-state index is 12.1. The molecule has 1 saturated carbocycles. The number of nitrogens with two attached hydrogens (primary N) is 1. The maximum Gasteiger partial charge on any atom is 0.253 e. The van der Waals surface area contributed by atoms with E-state index in [-0.39, 0.29) is 17.9 Å². The van der Waals surface area contributed by atoms with E-state index < -0.39 is 6.10 Å². The average molecular weight is 303 g/mol. The lowest BCUT2D eigenvalue weighted by Gasteiger charge is -2.13. The summed E-state index contributed by atoms with van der Waals surface area (Å²) in [6, 6.07) is 7.23. The third-order valence-corrected chi connectivity index (χ3v) is 3.99. The van der Waals surface area contributed by atoms with Gasteiger partial charge < -0.3 is 21.1 Å². The van der Waals surface area contributed by atoms with Crippen molar-refractivity contribution >= 4 is 17.5 Å². The SMILES string of the molecule is NC[C@H]1CC[C@@H](C(=O)Nc2ccc(C(=O)NC3CC3)cc2)O1. The van der Waals surface area contributed by atoms with Crippen LogP contribution in [0.4, 0.5) is 5.69 Å². The van der Waals surface area contributed by atoms with Crippen LogP contribution in [0.3, 0.4) is 0 Å². The Balaban J connectivity index is 1.54. The first-order valence-electron chi connectivity index (χ1n) is 7.73. The number of benzene rings is 1. The highest BCUT2D eigenvalue weighted by molar-refractivity contribution is 5.97. The van der Waals surface area contributed by atoms with Gasteiger partial charge in [0, 0.05) is 23.8 Å². The Morgan fingerprint density at radius 3 is 2.45 bits per heavy atom. The summed E-state index contributed by atoms with van der Waals surface area (Å²) >= 11 is 0. The van der Waals surface area contributed by atoms with Crippen LogP contribution in [0.2, 0.25) is 0 Å². The molecule has 2 aliphatic rings. The lowest BCUT2D eigenvalue weighted by atomic mass is 10.1. The van der Waals surface area contributed by atoms with Crippen LogP contribution in [0, 0.1) is 0 Å². The lowest BCUT2D eigenvalue weighted by Crippen LogP contribution is -2.29. The van der Waals surface area contributed by atoms with E-state index in [0.717, 1.165) is 19.3 Å². The Morgan fingerprint density at radius 1 is 1.14 bits per heavy atom. The highest BCUT2D eigenvalue weighted by Crippen LogP contribution is 2.21. The minimum Gasteiger partial charge on any atom is -0.364 e. The van der Waals surface area contributed by atoms with Gasteiger partial charge in [-0.15, -0.1) is 0 Å².